The summed E-state index contributed by atoms with van der Waals surface area (Å²) in [5, 5.41) is 0. The lowest BCUT2D eigenvalue weighted by Gasteiger charge is -2.13. The molecule has 14 heavy (non-hydrogen) atoms. The quantitative estimate of drug-likeness (QED) is 0.369. The smallest absolute Gasteiger partial charge is 0.286 e. The maximum atomic E-state index is 11.5. The summed E-state index contributed by atoms with van der Waals surface area (Å²) in [4.78, 5) is 0. The highest BCUT2D eigenvalue weighted by molar-refractivity contribution is 9.06. The van der Waals surface area contributed by atoms with Crippen LogP contribution in [0, 0.1) is 0 Å². The van der Waals surface area contributed by atoms with Crippen LogP contribution in [0.3, 0.4) is 0 Å². The molecule has 4 nitrogen and oxygen atoms in total. The summed E-state index contributed by atoms with van der Waals surface area (Å²) in [5.74, 6) is 0. The fraction of sp³-hybridized carbons (Fsp3) is 0.500. The maximum Gasteiger partial charge on any atom is 0.485 e. The average Bonchev–Trinajstić information content (AvgIpc) is 2.19. The van der Waals surface area contributed by atoms with Gasteiger partial charge < -0.3 is 0 Å². The van der Waals surface area contributed by atoms with E-state index in [1.807, 2.05) is 0 Å². The Bertz CT molecular complexity index is 201. The third kappa shape index (κ3) is 6.51. The van der Waals surface area contributed by atoms with Gasteiger partial charge >= 0.3 is 7.82 Å². The average molecular weight is 285 g/mol. The lowest BCUT2D eigenvalue weighted by molar-refractivity contribution is 0.169. The normalized spacial score (nSPS) is 11.2. The van der Waals surface area contributed by atoms with Gasteiger partial charge in [-0.1, -0.05) is 12.2 Å². The summed E-state index contributed by atoms with van der Waals surface area (Å²) >= 11 is 2.61. The van der Waals surface area contributed by atoms with Gasteiger partial charge in [0.2, 0.25) is 0 Å². The van der Waals surface area contributed by atoms with Gasteiger partial charge in [-0.3, -0.25) is 9.05 Å². The molecule has 0 saturated carbocycles. The van der Waals surface area contributed by atoms with E-state index in [0.29, 0.717) is 12.8 Å². The molecular weight excluding hydrogens is 271 g/mol. The Morgan fingerprint density at radius 2 is 1.57 bits per heavy atom. The van der Waals surface area contributed by atoms with Gasteiger partial charge in [0.1, 0.15) is 16.3 Å². The molecule has 0 saturated heterocycles. The molecule has 0 bridgehead atoms. The number of hydrogen-bond donors (Lipinski definition) is 0. The van der Waals surface area contributed by atoms with Crippen LogP contribution in [0.5, 0.6) is 0 Å². The molecule has 0 fully saturated rings. The van der Waals surface area contributed by atoms with Crippen LogP contribution >= 0.6 is 24.1 Å². The predicted octanol–water partition coefficient (Wildman–Crippen LogP) is 3.61. The van der Waals surface area contributed by atoms with E-state index in [4.69, 9.17) is 9.05 Å². The van der Waals surface area contributed by atoms with Gasteiger partial charge in [0.25, 0.3) is 0 Å². The van der Waals surface area contributed by atoms with E-state index in [2.05, 4.69) is 33.0 Å². The first-order valence-electron chi connectivity index (χ1n) is 4.09. The van der Waals surface area contributed by atoms with Crippen molar-refractivity contribution in [3.8, 4) is 0 Å². The SMILES string of the molecule is C=CCCOP(=O)(OBr)OCCC=C. The molecule has 0 aromatic heterocycles. The first-order valence-corrected chi connectivity index (χ1v) is 6.20. The highest BCUT2D eigenvalue weighted by Crippen LogP contribution is 2.51. The van der Waals surface area contributed by atoms with Gasteiger partial charge in [0.15, 0.2) is 0 Å². The fourth-order valence-corrected chi connectivity index (χ4v) is 1.89. The molecule has 6 heteroatoms. The van der Waals surface area contributed by atoms with Crippen LogP contribution in [0.1, 0.15) is 12.8 Å². The van der Waals surface area contributed by atoms with Crippen LogP contribution in [0.15, 0.2) is 25.3 Å². The number of phosphoric ester groups is 1. The summed E-state index contributed by atoms with van der Waals surface area (Å²) in [6, 6.07) is 0. The van der Waals surface area contributed by atoms with Gasteiger partial charge in [0.05, 0.1) is 13.2 Å². The largest absolute Gasteiger partial charge is 0.485 e. The molecule has 0 spiro atoms. The van der Waals surface area contributed by atoms with Crippen LogP contribution < -0.4 is 0 Å². The number of hydrogen-bond acceptors (Lipinski definition) is 4. The third-order valence-corrected chi connectivity index (χ3v) is 3.46. The van der Waals surface area contributed by atoms with Crippen LogP contribution in [-0.4, -0.2) is 13.2 Å². The first-order chi connectivity index (χ1) is 6.68. The zero-order valence-electron chi connectivity index (χ0n) is 7.86. The Morgan fingerprint density at radius 3 is 1.86 bits per heavy atom. The Morgan fingerprint density at radius 1 is 1.14 bits per heavy atom. The standard InChI is InChI=1S/C8H14BrO4P/c1-3-5-7-11-14(10,13-9)12-8-6-4-2/h3-4H,1-2,5-8H2. The summed E-state index contributed by atoms with van der Waals surface area (Å²) in [7, 11) is -3.44. The molecule has 0 aliphatic rings. The molecule has 0 aromatic carbocycles. The van der Waals surface area contributed by atoms with Crippen LogP contribution in [0.4, 0.5) is 0 Å². The van der Waals surface area contributed by atoms with Gasteiger partial charge in [-0.05, 0) is 12.8 Å². The van der Waals surface area contributed by atoms with E-state index in [1.54, 1.807) is 12.2 Å². The molecule has 0 aromatic rings. The van der Waals surface area contributed by atoms with Gasteiger partial charge in [-0.15, -0.1) is 13.2 Å². The monoisotopic (exact) mass is 284 g/mol. The van der Waals surface area contributed by atoms with E-state index in [0.717, 1.165) is 0 Å². The van der Waals surface area contributed by atoms with E-state index in [1.165, 1.54) is 0 Å². The van der Waals surface area contributed by atoms with Crippen molar-refractivity contribution in [3.05, 3.63) is 25.3 Å². The topological polar surface area (TPSA) is 44.8 Å². The zero-order chi connectivity index (χ0) is 10.9. The van der Waals surface area contributed by atoms with Crippen molar-refractivity contribution in [2.45, 2.75) is 12.8 Å². The molecular formula is C8H14BrO4P. The molecule has 0 amide bonds. The van der Waals surface area contributed by atoms with E-state index in [9.17, 15) is 4.57 Å². The molecule has 0 aliphatic heterocycles. The van der Waals surface area contributed by atoms with Crippen molar-refractivity contribution in [2.24, 2.45) is 0 Å². The molecule has 0 aliphatic carbocycles. The van der Waals surface area contributed by atoms with E-state index >= 15 is 0 Å². The minimum Gasteiger partial charge on any atom is -0.286 e. The summed E-state index contributed by atoms with van der Waals surface area (Å²) in [6.45, 7) is 7.51. The summed E-state index contributed by atoms with van der Waals surface area (Å²) in [6.07, 6.45) is 4.49. The zero-order valence-corrected chi connectivity index (χ0v) is 10.3. The minimum absolute atomic E-state index is 0.250. The number of halogens is 1. The molecule has 0 radical (unpaired) electrons. The predicted molar refractivity (Wildman–Crippen MR) is 59.2 cm³/mol. The third-order valence-electron chi connectivity index (χ3n) is 1.23. The van der Waals surface area contributed by atoms with E-state index in [-0.39, 0.29) is 13.2 Å². The lowest BCUT2D eigenvalue weighted by atomic mass is 10.5. The van der Waals surface area contributed by atoms with Crippen molar-refractivity contribution >= 4 is 24.1 Å². The molecule has 0 heterocycles. The molecule has 0 atom stereocenters. The fourth-order valence-electron chi connectivity index (χ4n) is 0.573. The Balaban J connectivity index is 3.84. The second-order valence-electron chi connectivity index (χ2n) is 2.34. The van der Waals surface area contributed by atoms with Crippen molar-refractivity contribution in [3.63, 3.8) is 0 Å². The Labute approximate surface area is 93.0 Å². The van der Waals surface area contributed by atoms with Crippen molar-refractivity contribution in [2.75, 3.05) is 13.2 Å². The summed E-state index contributed by atoms with van der Waals surface area (Å²) < 4.78 is 25.9. The molecule has 82 valence electrons. The van der Waals surface area contributed by atoms with Gasteiger partial charge in [-0.25, -0.2) is 8.18 Å². The Kier molecular flexibility index (Phi) is 8.43. The lowest BCUT2D eigenvalue weighted by Crippen LogP contribution is -1.98. The maximum absolute atomic E-state index is 11.5. The van der Waals surface area contributed by atoms with Crippen LogP contribution in [-0.2, 0) is 17.2 Å². The van der Waals surface area contributed by atoms with E-state index < -0.39 is 7.82 Å². The number of phosphoric acid groups is 1. The van der Waals surface area contributed by atoms with Crippen molar-refractivity contribution in [1.82, 2.24) is 0 Å². The van der Waals surface area contributed by atoms with Crippen molar-refractivity contribution in [1.29, 1.82) is 0 Å². The second kappa shape index (κ2) is 8.38. The van der Waals surface area contributed by atoms with Gasteiger partial charge in [0, 0.05) is 0 Å². The molecule has 0 unspecified atom stereocenters. The summed E-state index contributed by atoms with van der Waals surface area (Å²) in [5.41, 5.74) is 0. The molecule has 0 rings (SSSR count). The van der Waals surface area contributed by atoms with Gasteiger partial charge in [-0.2, -0.15) is 0 Å². The second-order valence-corrected chi connectivity index (χ2v) is 4.75. The molecule has 0 N–H and O–H groups in total. The van der Waals surface area contributed by atoms with Crippen molar-refractivity contribution < 1.29 is 17.2 Å². The first kappa shape index (κ1) is 14.1. The van der Waals surface area contributed by atoms with Crippen LogP contribution in [0.25, 0.3) is 0 Å². The van der Waals surface area contributed by atoms with Crippen LogP contribution in [0.2, 0.25) is 0 Å². The minimum atomic E-state index is -3.44. The highest BCUT2D eigenvalue weighted by Gasteiger charge is 2.25. The Hall–Kier alpha value is 0.0700. The highest BCUT2D eigenvalue weighted by atomic mass is 79.9. The number of rotatable bonds is 9.